The van der Waals surface area contributed by atoms with Gasteiger partial charge in [0, 0.05) is 0 Å². The normalized spacial score (nSPS) is 37.1. The highest BCUT2D eigenvalue weighted by Gasteiger charge is 2.55. The van der Waals surface area contributed by atoms with Crippen LogP contribution in [0.2, 0.25) is 0 Å². The molecule has 4 atom stereocenters. The van der Waals surface area contributed by atoms with Gasteiger partial charge in [-0.15, -0.1) is 0 Å². The number of halogens is 3. The molecule has 0 saturated carbocycles. The van der Waals surface area contributed by atoms with Crippen LogP contribution in [-0.2, 0) is 28.4 Å². The Morgan fingerprint density at radius 1 is 1.15 bits per heavy atom. The Balaban J connectivity index is 1.75. The van der Waals surface area contributed by atoms with Gasteiger partial charge in [-0.25, -0.2) is 0 Å². The van der Waals surface area contributed by atoms with Gasteiger partial charge in [0.2, 0.25) is 5.90 Å². The predicted molar refractivity (Wildman–Crippen MR) is 95.7 cm³/mol. The highest BCUT2D eigenvalue weighted by Crippen LogP contribution is 2.43. The topological polar surface area (TPSA) is 79.2 Å². The summed E-state index contributed by atoms with van der Waals surface area (Å²) in [5, 5.41) is 7.61. The standard InChI is InChI=1S/C16H22Cl3NO6/c1-14(2)22-7-9(24-14)10-8(5-6-21-13(20)16(17,18)19)11-12(23-10)26-15(3,4)25-11/h5,9-12,20H,6-7H2,1-4H3/b8-5-,20-13?/t9-,10+,11-,12-/m1/s1. The van der Waals surface area contributed by atoms with Crippen molar-refractivity contribution in [2.24, 2.45) is 0 Å². The smallest absolute Gasteiger partial charge is 0.265 e. The summed E-state index contributed by atoms with van der Waals surface area (Å²) >= 11 is 16.9. The fraction of sp³-hybridized carbons (Fsp3) is 0.812. The Kier molecular flexibility index (Phi) is 5.58. The molecule has 3 rings (SSSR count). The third-order valence-electron chi connectivity index (χ3n) is 4.17. The zero-order valence-corrected chi connectivity index (χ0v) is 17.2. The van der Waals surface area contributed by atoms with Gasteiger partial charge in [-0.05, 0) is 39.3 Å². The van der Waals surface area contributed by atoms with Crippen molar-refractivity contribution >= 4 is 40.7 Å². The maximum absolute atomic E-state index is 7.61. The molecule has 0 aliphatic carbocycles. The first-order valence-corrected chi connectivity index (χ1v) is 9.33. The van der Waals surface area contributed by atoms with Gasteiger partial charge in [0.15, 0.2) is 17.9 Å². The Labute approximate surface area is 167 Å². The molecule has 0 amide bonds. The van der Waals surface area contributed by atoms with Crippen molar-refractivity contribution in [1.29, 1.82) is 5.41 Å². The van der Waals surface area contributed by atoms with E-state index in [0.29, 0.717) is 6.61 Å². The Hall–Kier alpha value is -0.120. The van der Waals surface area contributed by atoms with Crippen molar-refractivity contribution in [3.05, 3.63) is 11.6 Å². The molecule has 0 spiro atoms. The molecule has 0 aromatic carbocycles. The average molecular weight is 431 g/mol. The zero-order valence-electron chi connectivity index (χ0n) is 14.9. The number of fused-ring (bicyclic) bond motifs is 1. The van der Waals surface area contributed by atoms with Crippen LogP contribution in [0.25, 0.3) is 0 Å². The molecule has 26 heavy (non-hydrogen) atoms. The van der Waals surface area contributed by atoms with Crippen LogP contribution < -0.4 is 0 Å². The third-order valence-corrected chi connectivity index (χ3v) is 4.68. The maximum Gasteiger partial charge on any atom is 0.265 e. The molecule has 3 aliphatic heterocycles. The Morgan fingerprint density at radius 3 is 2.42 bits per heavy atom. The second-order valence-electron chi connectivity index (χ2n) is 7.19. The van der Waals surface area contributed by atoms with Crippen LogP contribution in [0.3, 0.4) is 0 Å². The fourth-order valence-electron chi connectivity index (χ4n) is 3.14. The lowest BCUT2D eigenvalue weighted by Gasteiger charge is -2.25. The molecule has 10 heteroatoms. The summed E-state index contributed by atoms with van der Waals surface area (Å²) in [6.07, 6.45) is 0.0481. The van der Waals surface area contributed by atoms with Crippen LogP contribution in [0, 0.1) is 5.41 Å². The first-order valence-electron chi connectivity index (χ1n) is 8.19. The minimum absolute atomic E-state index is 0.0198. The molecule has 0 bridgehead atoms. The molecule has 0 unspecified atom stereocenters. The van der Waals surface area contributed by atoms with E-state index in [-0.39, 0.29) is 12.7 Å². The fourth-order valence-corrected chi connectivity index (χ4v) is 3.31. The van der Waals surface area contributed by atoms with Crippen LogP contribution in [-0.4, -0.2) is 59.1 Å². The number of ether oxygens (including phenoxy) is 6. The summed E-state index contributed by atoms with van der Waals surface area (Å²) in [6.45, 7) is 7.71. The van der Waals surface area contributed by atoms with Gasteiger partial charge in [-0.3, -0.25) is 5.41 Å². The van der Waals surface area contributed by atoms with Gasteiger partial charge in [0.25, 0.3) is 3.79 Å². The number of nitrogens with one attached hydrogen (secondary N) is 1. The number of hydrogen-bond acceptors (Lipinski definition) is 7. The molecule has 1 N–H and O–H groups in total. The summed E-state index contributed by atoms with van der Waals surface area (Å²) in [7, 11) is 0. The third kappa shape index (κ3) is 4.47. The summed E-state index contributed by atoms with van der Waals surface area (Å²) in [5.74, 6) is -1.92. The summed E-state index contributed by atoms with van der Waals surface area (Å²) in [6, 6.07) is 0. The largest absolute Gasteiger partial charge is 0.474 e. The number of hydrogen-bond donors (Lipinski definition) is 1. The van der Waals surface area contributed by atoms with E-state index in [0.717, 1.165) is 5.57 Å². The van der Waals surface area contributed by atoms with Crippen molar-refractivity contribution in [3.63, 3.8) is 0 Å². The Bertz CT molecular complexity index is 603. The van der Waals surface area contributed by atoms with E-state index in [1.165, 1.54) is 0 Å². The van der Waals surface area contributed by atoms with Crippen molar-refractivity contribution < 1.29 is 28.4 Å². The van der Waals surface area contributed by atoms with Crippen LogP contribution in [0.15, 0.2) is 11.6 Å². The van der Waals surface area contributed by atoms with Gasteiger partial charge in [0.1, 0.15) is 24.9 Å². The SMILES string of the molecule is CC1(C)O[C@H]2O[C@H]([C@H]3COC(C)(C)O3)/C(=C/COC(=N)C(Cl)(Cl)Cl)[C@H]2O1. The lowest BCUT2D eigenvalue weighted by Crippen LogP contribution is -2.35. The molecular formula is C16H22Cl3NO6. The van der Waals surface area contributed by atoms with Crippen molar-refractivity contribution in [2.45, 2.75) is 67.7 Å². The monoisotopic (exact) mass is 429 g/mol. The second-order valence-corrected chi connectivity index (χ2v) is 9.47. The highest BCUT2D eigenvalue weighted by molar-refractivity contribution is 6.76. The van der Waals surface area contributed by atoms with E-state index < -0.39 is 39.8 Å². The minimum atomic E-state index is -1.91. The van der Waals surface area contributed by atoms with Crippen LogP contribution >= 0.6 is 34.8 Å². The van der Waals surface area contributed by atoms with Gasteiger partial charge in [0.05, 0.1) is 6.61 Å². The lowest BCUT2D eigenvalue weighted by atomic mass is 10.0. The molecular weight excluding hydrogens is 409 g/mol. The van der Waals surface area contributed by atoms with Gasteiger partial charge in [-0.2, -0.15) is 0 Å². The summed E-state index contributed by atoms with van der Waals surface area (Å²) < 4.78 is 32.6. The van der Waals surface area contributed by atoms with Crippen LogP contribution in [0.4, 0.5) is 0 Å². The van der Waals surface area contributed by atoms with E-state index in [2.05, 4.69) is 0 Å². The minimum Gasteiger partial charge on any atom is -0.474 e. The molecule has 3 fully saturated rings. The van der Waals surface area contributed by atoms with E-state index in [1.807, 2.05) is 27.7 Å². The summed E-state index contributed by atoms with van der Waals surface area (Å²) in [4.78, 5) is 0. The molecule has 0 aromatic heterocycles. The van der Waals surface area contributed by atoms with E-state index in [9.17, 15) is 0 Å². The van der Waals surface area contributed by atoms with Crippen molar-refractivity contribution in [2.75, 3.05) is 13.2 Å². The average Bonchev–Trinajstić information content (AvgIpc) is 3.08. The van der Waals surface area contributed by atoms with E-state index in [1.54, 1.807) is 6.08 Å². The second kappa shape index (κ2) is 7.04. The molecule has 0 aromatic rings. The Morgan fingerprint density at radius 2 is 1.85 bits per heavy atom. The van der Waals surface area contributed by atoms with Crippen LogP contribution in [0.1, 0.15) is 27.7 Å². The molecule has 3 heterocycles. The first kappa shape index (κ1) is 20.6. The molecule has 0 radical (unpaired) electrons. The van der Waals surface area contributed by atoms with E-state index >= 15 is 0 Å². The number of alkyl halides is 3. The van der Waals surface area contributed by atoms with Crippen molar-refractivity contribution in [1.82, 2.24) is 0 Å². The molecule has 7 nitrogen and oxygen atoms in total. The predicted octanol–water partition coefficient (Wildman–Crippen LogP) is 3.30. The first-order chi connectivity index (χ1) is 11.9. The summed E-state index contributed by atoms with van der Waals surface area (Å²) in [5.41, 5.74) is 0.795. The van der Waals surface area contributed by atoms with Gasteiger partial charge >= 0.3 is 0 Å². The maximum atomic E-state index is 7.61. The molecule has 148 valence electrons. The van der Waals surface area contributed by atoms with Gasteiger partial charge in [-0.1, -0.05) is 34.8 Å². The van der Waals surface area contributed by atoms with Gasteiger partial charge < -0.3 is 28.4 Å². The van der Waals surface area contributed by atoms with Crippen molar-refractivity contribution in [3.8, 4) is 0 Å². The highest BCUT2D eigenvalue weighted by atomic mass is 35.6. The number of rotatable bonds is 3. The lowest BCUT2D eigenvalue weighted by molar-refractivity contribution is -0.215. The quantitative estimate of drug-likeness (QED) is 0.320. The molecule has 3 aliphatic rings. The molecule has 3 saturated heterocycles. The van der Waals surface area contributed by atoms with E-state index in [4.69, 9.17) is 68.6 Å². The van der Waals surface area contributed by atoms with Crippen LogP contribution in [0.5, 0.6) is 0 Å². The zero-order chi connectivity index (χ0) is 19.3.